The molecule has 1 unspecified atom stereocenters. The van der Waals surface area contributed by atoms with Crippen LogP contribution in [0.3, 0.4) is 0 Å². The Hall–Kier alpha value is -1.52. The minimum absolute atomic E-state index is 0.164. The maximum atomic E-state index is 12.1. The summed E-state index contributed by atoms with van der Waals surface area (Å²) in [6, 6.07) is 0.178. The van der Waals surface area contributed by atoms with Gasteiger partial charge in [0.2, 0.25) is 5.91 Å². The second kappa shape index (κ2) is 22.0. The van der Waals surface area contributed by atoms with Crippen LogP contribution in [0.25, 0.3) is 0 Å². The molecule has 0 aliphatic rings. The first-order valence-electron chi connectivity index (χ1n) is 14.2. The SMILES string of the molecule is CCCCCCCCC=CCCCCCCCC(=O)NC(C)CCCCNC(=O)OC(C)(C)C. The zero-order valence-corrected chi connectivity index (χ0v) is 23.2. The van der Waals surface area contributed by atoms with Crippen molar-refractivity contribution in [2.45, 2.75) is 155 Å². The van der Waals surface area contributed by atoms with Crippen molar-refractivity contribution in [3.63, 3.8) is 0 Å². The molecule has 5 nitrogen and oxygen atoms in total. The third-order valence-electron chi connectivity index (χ3n) is 5.81. The van der Waals surface area contributed by atoms with Crippen LogP contribution < -0.4 is 10.6 Å². The Bertz CT molecular complexity index is 526. The number of amides is 2. The van der Waals surface area contributed by atoms with Gasteiger partial charge in [-0.15, -0.1) is 0 Å². The van der Waals surface area contributed by atoms with Gasteiger partial charge in [0, 0.05) is 19.0 Å². The van der Waals surface area contributed by atoms with Crippen LogP contribution >= 0.6 is 0 Å². The number of carbonyl (C=O) groups excluding carboxylic acids is 2. The predicted molar refractivity (Wildman–Crippen MR) is 145 cm³/mol. The number of hydrogen-bond donors (Lipinski definition) is 2. The summed E-state index contributed by atoms with van der Waals surface area (Å²) in [6.45, 7) is 10.5. The molecule has 0 fully saturated rings. The van der Waals surface area contributed by atoms with Gasteiger partial charge in [-0.25, -0.2) is 4.79 Å². The number of alkyl carbamates (subject to hydrolysis) is 1. The number of allylic oxidation sites excluding steroid dienone is 2. The van der Waals surface area contributed by atoms with Gasteiger partial charge < -0.3 is 15.4 Å². The van der Waals surface area contributed by atoms with Crippen LogP contribution in [0.4, 0.5) is 4.79 Å². The molecule has 0 saturated carbocycles. The van der Waals surface area contributed by atoms with Crippen molar-refractivity contribution in [1.29, 1.82) is 0 Å². The first kappa shape index (κ1) is 32.5. The average Bonchev–Trinajstić information content (AvgIpc) is 2.75. The summed E-state index contributed by atoms with van der Waals surface area (Å²) < 4.78 is 5.21. The van der Waals surface area contributed by atoms with E-state index in [4.69, 9.17) is 4.74 Å². The van der Waals surface area contributed by atoms with Crippen molar-refractivity contribution in [1.82, 2.24) is 10.6 Å². The maximum Gasteiger partial charge on any atom is 0.407 e. The van der Waals surface area contributed by atoms with E-state index in [1.807, 2.05) is 20.8 Å². The van der Waals surface area contributed by atoms with Gasteiger partial charge in [0.1, 0.15) is 5.60 Å². The van der Waals surface area contributed by atoms with Gasteiger partial charge in [-0.2, -0.15) is 0 Å². The third kappa shape index (κ3) is 25.1. The zero-order valence-electron chi connectivity index (χ0n) is 23.2. The Morgan fingerprint density at radius 2 is 1.35 bits per heavy atom. The second-order valence-corrected chi connectivity index (χ2v) is 10.7. The van der Waals surface area contributed by atoms with Crippen LogP contribution in [-0.2, 0) is 9.53 Å². The van der Waals surface area contributed by atoms with Crippen molar-refractivity contribution in [2.75, 3.05) is 6.54 Å². The Balaban J connectivity index is 3.46. The molecule has 0 aromatic rings. The van der Waals surface area contributed by atoms with E-state index in [1.54, 1.807) is 0 Å². The molecule has 0 bridgehead atoms. The lowest BCUT2D eigenvalue weighted by atomic mass is 10.1. The summed E-state index contributed by atoms with van der Waals surface area (Å²) in [7, 11) is 0. The standard InChI is InChI=1S/C29H56N2O3/c1-6-7-8-9-10-11-12-13-14-15-16-17-18-19-20-24-27(32)31-26(2)23-21-22-25-30-28(33)34-29(3,4)5/h13-14,26H,6-12,15-25H2,1-5H3,(H,30,33)(H,31,32). The first-order chi connectivity index (χ1) is 16.2. The molecule has 0 aliphatic heterocycles. The molecule has 2 N–H and O–H groups in total. The molecule has 2 amide bonds. The van der Waals surface area contributed by atoms with Crippen molar-refractivity contribution in [3.8, 4) is 0 Å². The first-order valence-corrected chi connectivity index (χ1v) is 14.2. The van der Waals surface area contributed by atoms with Crippen LogP contribution in [-0.4, -0.2) is 30.2 Å². The predicted octanol–water partition coefficient (Wildman–Crippen LogP) is 8.22. The quantitative estimate of drug-likeness (QED) is 0.128. The van der Waals surface area contributed by atoms with Crippen molar-refractivity contribution in [2.24, 2.45) is 0 Å². The molecule has 1 atom stereocenters. The number of unbranched alkanes of at least 4 members (excludes halogenated alkanes) is 12. The summed E-state index contributed by atoms with van der Waals surface area (Å²) in [4.78, 5) is 23.7. The number of rotatable bonds is 21. The monoisotopic (exact) mass is 480 g/mol. The molecule has 0 spiro atoms. The minimum atomic E-state index is -0.465. The van der Waals surface area contributed by atoms with Crippen LogP contribution in [0.1, 0.15) is 144 Å². The van der Waals surface area contributed by atoms with Crippen molar-refractivity contribution >= 4 is 12.0 Å². The van der Waals surface area contributed by atoms with Gasteiger partial charge >= 0.3 is 6.09 Å². The Kier molecular flexibility index (Phi) is 21.0. The van der Waals surface area contributed by atoms with E-state index < -0.39 is 5.60 Å². The van der Waals surface area contributed by atoms with E-state index in [2.05, 4.69) is 36.6 Å². The molecule has 34 heavy (non-hydrogen) atoms. The lowest BCUT2D eigenvalue weighted by molar-refractivity contribution is -0.121. The molecule has 5 heteroatoms. The highest BCUT2D eigenvalue weighted by Gasteiger charge is 2.15. The van der Waals surface area contributed by atoms with Crippen LogP contribution in [0, 0.1) is 0 Å². The summed E-state index contributed by atoms with van der Waals surface area (Å²) in [5.41, 5.74) is -0.465. The molecule has 0 aliphatic carbocycles. The Morgan fingerprint density at radius 1 is 0.794 bits per heavy atom. The van der Waals surface area contributed by atoms with E-state index in [0.29, 0.717) is 13.0 Å². The molecule has 0 radical (unpaired) electrons. The van der Waals surface area contributed by atoms with Gasteiger partial charge in [0.05, 0.1) is 0 Å². The van der Waals surface area contributed by atoms with Gasteiger partial charge in [0.15, 0.2) is 0 Å². The van der Waals surface area contributed by atoms with E-state index in [-0.39, 0.29) is 18.0 Å². The lowest BCUT2D eigenvalue weighted by Gasteiger charge is -2.19. The van der Waals surface area contributed by atoms with Crippen LogP contribution in [0.15, 0.2) is 12.2 Å². The molecule has 0 aromatic carbocycles. The minimum Gasteiger partial charge on any atom is -0.444 e. The average molecular weight is 481 g/mol. The number of hydrogen-bond acceptors (Lipinski definition) is 3. The Labute approximate surface area is 211 Å². The van der Waals surface area contributed by atoms with Crippen molar-refractivity contribution in [3.05, 3.63) is 12.2 Å². The largest absolute Gasteiger partial charge is 0.444 e. The van der Waals surface area contributed by atoms with E-state index in [0.717, 1.165) is 32.1 Å². The summed E-state index contributed by atoms with van der Waals surface area (Å²) in [5.74, 6) is 0.164. The highest BCUT2D eigenvalue weighted by Crippen LogP contribution is 2.10. The van der Waals surface area contributed by atoms with E-state index in [9.17, 15) is 9.59 Å². The number of nitrogens with one attached hydrogen (secondary N) is 2. The number of ether oxygens (including phenoxy) is 1. The van der Waals surface area contributed by atoms with E-state index >= 15 is 0 Å². The molecular weight excluding hydrogens is 424 g/mol. The highest BCUT2D eigenvalue weighted by atomic mass is 16.6. The fourth-order valence-corrected chi connectivity index (χ4v) is 3.86. The summed E-state index contributed by atoms with van der Waals surface area (Å²) in [6.07, 6.45) is 24.3. The molecule has 0 aromatic heterocycles. The van der Waals surface area contributed by atoms with Crippen LogP contribution in [0.2, 0.25) is 0 Å². The second-order valence-electron chi connectivity index (χ2n) is 10.7. The summed E-state index contributed by atoms with van der Waals surface area (Å²) >= 11 is 0. The smallest absolute Gasteiger partial charge is 0.407 e. The Morgan fingerprint density at radius 3 is 1.94 bits per heavy atom. The van der Waals surface area contributed by atoms with E-state index in [1.165, 1.54) is 70.6 Å². The fourth-order valence-electron chi connectivity index (χ4n) is 3.86. The molecule has 0 heterocycles. The normalized spacial score (nSPS) is 12.6. The lowest BCUT2D eigenvalue weighted by Crippen LogP contribution is -2.33. The number of carbonyl (C=O) groups is 2. The molecule has 200 valence electrons. The topological polar surface area (TPSA) is 67.4 Å². The maximum absolute atomic E-state index is 12.1. The van der Waals surface area contributed by atoms with Gasteiger partial charge in [0.25, 0.3) is 0 Å². The van der Waals surface area contributed by atoms with Crippen LogP contribution in [0.5, 0.6) is 0 Å². The van der Waals surface area contributed by atoms with Gasteiger partial charge in [-0.1, -0.05) is 70.4 Å². The van der Waals surface area contributed by atoms with Gasteiger partial charge in [-0.05, 0) is 79.1 Å². The third-order valence-corrected chi connectivity index (χ3v) is 5.81. The molecule has 0 rings (SSSR count). The molecular formula is C29H56N2O3. The summed E-state index contributed by atoms with van der Waals surface area (Å²) in [5, 5.41) is 5.87. The fraction of sp³-hybridized carbons (Fsp3) is 0.862. The molecule has 0 saturated heterocycles. The van der Waals surface area contributed by atoms with Crippen molar-refractivity contribution < 1.29 is 14.3 Å². The highest BCUT2D eigenvalue weighted by molar-refractivity contribution is 5.76. The zero-order chi connectivity index (χ0) is 25.5. The van der Waals surface area contributed by atoms with Gasteiger partial charge in [-0.3, -0.25) is 4.79 Å².